The van der Waals surface area contributed by atoms with Gasteiger partial charge in [0.05, 0.1) is 0 Å². The van der Waals surface area contributed by atoms with Crippen molar-refractivity contribution in [1.82, 2.24) is 9.97 Å². The molecule has 19 heavy (non-hydrogen) atoms. The summed E-state index contributed by atoms with van der Waals surface area (Å²) in [4.78, 5) is 10.9. The van der Waals surface area contributed by atoms with Crippen molar-refractivity contribution >= 4 is 44.8 Å². The average Bonchev–Trinajstić information content (AvgIpc) is 2.70. The van der Waals surface area contributed by atoms with E-state index in [9.17, 15) is 0 Å². The number of nitrogens with zero attached hydrogens (tertiary/aromatic N) is 2. The van der Waals surface area contributed by atoms with Gasteiger partial charge >= 0.3 is 0 Å². The van der Waals surface area contributed by atoms with Gasteiger partial charge in [-0.1, -0.05) is 23.7 Å². The van der Waals surface area contributed by atoms with Gasteiger partial charge in [0.15, 0.2) is 0 Å². The van der Waals surface area contributed by atoms with E-state index in [-0.39, 0.29) is 0 Å². The largest absolute Gasteiger partial charge is 0.324 e. The summed E-state index contributed by atoms with van der Waals surface area (Å²) >= 11 is 7.81. The number of benzene rings is 1. The summed E-state index contributed by atoms with van der Waals surface area (Å²) in [6, 6.07) is 10.1. The van der Waals surface area contributed by atoms with Gasteiger partial charge in [-0.3, -0.25) is 0 Å². The standard InChI is InChI=1S/C14H12ClN3S/c1-8-4-3-5-10(6-8)16-14-17-12(15)11-7-9(2)19-13(11)18-14/h3-7H,1-2H3,(H,16,17,18). The average molecular weight is 290 g/mol. The highest BCUT2D eigenvalue weighted by Gasteiger charge is 2.09. The minimum atomic E-state index is 0.490. The van der Waals surface area contributed by atoms with Crippen LogP contribution in [0, 0.1) is 13.8 Å². The van der Waals surface area contributed by atoms with E-state index >= 15 is 0 Å². The maximum Gasteiger partial charge on any atom is 0.230 e. The summed E-state index contributed by atoms with van der Waals surface area (Å²) in [6.45, 7) is 4.08. The molecule has 0 aliphatic carbocycles. The summed E-state index contributed by atoms with van der Waals surface area (Å²) in [7, 11) is 0. The van der Waals surface area contributed by atoms with Gasteiger partial charge in [0.2, 0.25) is 5.95 Å². The van der Waals surface area contributed by atoms with Crippen molar-refractivity contribution in [3.63, 3.8) is 0 Å². The smallest absolute Gasteiger partial charge is 0.230 e. The predicted octanol–water partition coefficient (Wildman–Crippen LogP) is 4.71. The van der Waals surface area contributed by atoms with E-state index in [4.69, 9.17) is 11.6 Å². The first kappa shape index (κ1) is 12.4. The first-order valence-corrected chi connectivity index (χ1v) is 7.08. The molecule has 3 nitrogen and oxygen atoms in total. The Morgan fingerprint density at radius 1 is 1.16 bits per heavy atom. The van der Waals surface area contributed by atoms with Gasteiger partial charge in [0.25, 0.3) is 0 Å². The fourth-order valence-corrected chi connectivity index (χ4v) is 3.07. The molecule has 1 N–H and O–H groups in total. The summed E-state index contributed by atoms with van der Waals surface area (Å²) in [5.41, 5.74) is 2.15. The van der Waals surface area contributed by atoms with Crippen LogP contribution in [0.4, 0.5) is 11.6 Å². The molecule has 96 valence electrons. The summed E-state index contributed by atoms with van der Waals surface area (Å²) in [6.07, 6.45) is 0. The van der Waals surface area contributed by atoms with Gasteiger partial charge in [0, 0.05) is 16.0 Å². The second-order valence-corrected chi connectivity index (χ2v) is 6.00. The van der Waals surface area contributed by atoms with Gasteiger partial charge in [-0.15, -0.1) is 11.3 Å². The molecule has 5 heteroatoms. The maximum absolute atomic E-state index is 6.19. The molecule has 0 radical (unpaired) electrons. The lowest BCUT2D eigenvalue weighted by Gasteiger charge is -2.06. The molecule has 0 fully saturated rings. The minimum absolute atomic E-state index is 0.490. The van der Waals surface area contributed by atoms with Gasteiger partial charge < -0.3 is 5.32 Å². The van der Waals surface area contributed by atoms with Crippen molar-refractivity contribution in [3.8, 4) is 0 Å². The first-order chi connectivity index (χ1) is 9.11. The van der Waals surface area contributed by atoms with Gasteiger partial charge in [-0.2, -0.15) is 0 Å². The van der Waals surface area contributed by atoms with Crippen molar-refractivity contribution < 1.29 is 0 Å². The van der Waals surface area contributed by atoms with Crippen LogP contribution in [0.15, 0.2) is 30.3 Å². The van der Waals surface area contributed by atoms with E-state index in [0.717, 1.165) is 15.9 Å². The third-order valence-electron chi connectivity index (χ3n) is 2.74. The van der Waals surface area contributed by atoms with Crippen LogP contribution in [0.2, 0.25) is 5.15 Å². The molecule has 0 aliphatic heterocycles. The number of nitrogens with one attached hydrogen (secondary N) is 1. The molecule has 0 spiro atoms. The monoisotopic (exact) mass is 289 g/mol. The van der Waals surface area contributed by atoms with Crippen LogP contribution in [-0.2, 0) is 0 Å². The quantitative estimate of drug-likeness (QED) is 0.695. The molecule has 0 saturated heterocycles. The third-order valence-corrected chi connectivity index (χ3v) is 3.98. The number of halogens is 1. The molecule has 2 heterocycles. The van der Waals surface area contributed by atoms with Crippen LogP contribution in [0.25, 0.3) is 10.2 Å². The molecule has 0 saturated carbocycles. The lowest BCUT2D eigenvalue weighted by Crippen LogP contribution is -1.97. The van der Waals surface area contributed by atoms with Crippen LogP contribution >= 0.6 is 22.9 Å². The maximum atomic E-state index is 6.19. The molecule has 3 rings (SSSR count). The highest BCUT2D eigenvalue weighted by atomic mass is 35.5. The number of hydrogen-bond acceptors (Lipinski definition) is 4. The van der Waals surface area contributed by atoms with Gasteiger partial charge in [-0.05, 0) is 37.6 Å². The molecule has 0 unspecified atom stereocenters. The number of aryl methyl sites for hydroxylation is 2. The molecule has 1 aromatic carbocycles. The van der Waals surface area contributed by atoms with E-state index in [0.29, 0.717) is 11.1 Å². The zero-order valence-corrected chi connectivity index (χ0v) is 12.1. The molecular weight excluding hydrogens is 278 g/mol. The van der Waals surface area contributed by atoms with Crippen molar-refractivity contribution in [2.75, 3.05) is 5.32 Å². The minimum Gasteiger partial charge on any atom is -0.324 e. The van der Waals surface area contributed by atoms with Crippen molar-refractivity contribution in [2.45, 2.75) is 13.8 Å². The molecule has 0 aliphatic rings. The van der Waals surface area contributed by atoms with Gasteiger partial charge in [-0.25, -0.2) is 9.97 Å². The number of aromatic nitrogens is 2. The van der Waals surface area contributed by atoms with E-state index in [1.807, 2.05) is 44.2 Å². The molecule has 0 atom stereocenters. The number of hydrogen-bond donors (Lipinski definition) is 1. The van der Waals surface area contributed by atoms with E-state index in [2.05, 4.69) is 15.3 Å². The third kappa shape index (κ3) is 2.55. The Balaban J connectivity index is 2.01. The fourth-order valence-electron chi connectivity index (χ4n) is 1.91. The van der Waals surface area contributed by atoms with Gasteiger partial charge in [0.1, 0.15) is 9.98 Å². The van der Waals surface area contributed by atoms with E-state index < -0.39 is 0 Å². The van der Waals surface area contributed by atoms with E-state index in [1.165, 1.54) is 10.4 Å². The van der Waals surface area contributed by atoms with Crippen LogP contribution in [0.5, 0.6) is 0 Å². The predicted molar refractivity (Wildman–Crippen MR) is 81.6 cm³/mol. The van der Waals surface area contributed by atoms with Crippen LogP contribution in [0.3, 0.4) is 0 Å². The van der Waals surface area contributed by atoms with Crippen molar-refractivity contribution in [1.29, 1.82) is 0 Å². The Bertz CT molecular complexity index is 752. The van der Waals surface area contributed by atoms with Crippen LogP contribution < -0.4 is 5.32 Å². The summed E-state index contributed by atoms with van der Waals surface area (Å²) < 4.78 is 0. The Hall–Kier alpha value is -1.65. The molecule has 0 amide bonds. The van der Waals surface area contributed by atoms with E-state index in [1.54, 1.807) is 11.3 Å². The zero-order valence-electron chi connectivity index (χ0n) is 10.6. The fraction of sp³-hybridized carbons (Fsp3) is 0.143. The molecule has 2 aromatic heterocycles. The Morgan fingerprint density at radius 2 is 2.00 bits per heavy atom. The normalized spacial score (nSPS) is 10.9. The zero-order chi connectivity index (χ0) is 13.4. The van der Waals surface area contributed by atoms with Crippen molar-refractivity contribution in [2.24, 2.45) is 0 Å². The molecular formula is C14H12ClN3S. The van der Waals surface area contributed by atoms with Crippen molar-refractivity contribution in [3.05, 3.63) is 45.9 Å². The lowest BCUT2D eigenvalue weighted by atomic mass is 10.2. The second kappa shape index (κ2) is 4.79. The highest BCUT2D eigenvalue weighted by Crippen LogP contribution is 2.29. The molecule has 3 aromatic rings. The molecule has 0 bridgehead atoms. The Morgan fingerprint density at radius 3 is 2.79 bits per heavy atom. The lowest BCUT2D eigenvalue weighted by molar-refractivity contribution is 1.22. The SMILES string of the molecule is Cc1cccc(Nc2nc(Cl)c3cc(C)sc3n2)c1. The summed E-state index contributed by atoms with van der Waals surface area (Å²) in [5.74, 6) is 0.532. The topological polar surface area (TPSA) is 37.8 Å². The number of anilines is 2. The summed E-state index contributed by atoms with van der Waals surface area (Å²) in [5, 5.41) is 4.59. The number of fused-ring (bicyclic) bond motifs is 1. The first-order valence-electron chi connectivity index (χ1n) is 5.89. The Labute approximate surface area is 120 Å². The Kier molecular flexibility index (Phi) is 3.12. The second-order valence-electron chi connectivity index (χ2n) is 4.41. The highest BCUT2D eigenvalue weighted by molar-refractivity contribution is 7.18. The van der Waals surface area contributed by atoms with Crippen LogP contribution in [-0.4, -0.2) is 9.97 Å². The number of thiophene rings is 1. The van der Waals surface area contributed by atoms with Crippen LogP contribution in [0.1, 0.15) is 10.4 Å². The number of rotatable bonds is 2.